The molecule has 1 aliphatic rings. The molecule has 0 heterocycles. The van der Waals surface area contributed by atoms with Gasteiger partial charge in [-0.1, -0.05) is 0 Å². The molecule has 82 valence electrons. The fourth-order valence-electron chi connectivity index (χ4n) is 1.85. The third kappa shape index (κ3) is 3.64. The number of nitrogens with one attached hydrogen (secondary N) is 1. The van der Waals surface area contributed by atoms with Gasteiger partial charge in [0.25, 0.3) is 0 Å². The van der Waals surface area contributed by atoms with E-state index in [1.54, 1.807) is 0 Å². The van der Waals surface area contributed by atoms with Crippen LogP contribution in [0.25, 0.3) is 0 Å². The normalized spacial score (nSPS) is 26.4. The van der Waals surface area contributed by atoms with E-state index in [9.17, 15) is 4.79 Å². The van der Waals surface area contributed by atoms with E-state index in [1.165, 1.54) is 0 Å². The lowest BCUT2D eigenvalue weighted by atomic mass is 10.1. The Hall–Kier alpha value is -0.610. The van der Waals surface area contributed by atoms with Gasteiger partial charge in [0.1, 0.15) is 0 Å². The maximum atomic E-state index is 11.5. The summed E-state index contributed by atoms with van der Waals surface area (Å²) in [6, 6.07) is 0.211. The smallest absolute Gasteiger partial charge is 0.223 e. The van der Waals surface area contributed by atoms with Crippen molar-refractivity contribution in [2.24, 2.45) is 11.7 Å². The van der Waals surface area contributed by atoms with Gasteiger partial charge in [0, 0.05) is 25.1 Å². The zero-order valence-corrected chi connectivity index (χ0v) is 8.54. The van der Waals surface area contributed by atoms with E-state index in [2.05, 4.69) is 5.32 Å². The molecule has 4 nitrogen and oxygen atoms in total. The van der Waals surface area contributed by atoms with Crippen molar-refractivity contribution in [2.45, 2.75) is 38.1 Å². The van der Waals surface area contributed by atoms with Gasteiger partial charge < -0.3 is 16.2 Å². The van der Waals surface area contributed by atoms with Crippen LogP contribution in [0.5, 0.6) is 0 Å². The Morgan fingerprint density at radius 3 is 2.79 bits per heavy atom. The molecule has 0 bridgehead atoms. The van der Waals surface area contributed by atoms with Gasteiger partial charge in [0.05, 0.1) is 0 Å². The number of hydrogen-bond donors (Lipinski definition) is 3. The maximum Gasteiger partial charge on any atom is 0.223 e. The number of carbonyl (C=O) groups is 1. The predicted octanol–water partition coefficient (Wildman–Crippen LogP) is 0.00250. The van der Waals surface area contributed by atoms with Crippen molar-refractivity contribution in [3.63, 3.8) is 0 Å². The summed E-state index contributed by atoms with van der Waals surface area (Å²) in [4.78, 5) is 11.5. The van der Waals surface area contributed by atoms with Crippen LogP contribution in [0.2, 0.25) is 0 Å². The summed E-state index contributed by atoms with van der Waals surface area (Å²) < 4.78 is 0. The van der Waals surface area contributed by atoms with Gasteiger partial charge in [-0.15, -0.1) is 0 Å². The summed E-state index contributed by atoms with van der Waals surface area (Å²) >= 11 is 0. The minimum atomic E-state index is 0.124. The van der Waals surface area contributed by atoms with Crippen molar-refractivity contribution < 1.29 is 9.90 Å². The molecule has 0 aromatic carbocycles. The standard InChI is InChI=1S/C10H20N2O2/c11-9-4-3-8(7-9)10(14)12-5-1-2-6-13/h8-9,13H,1-7,11H2,(H,12,14). The first-order chi connectivity index (χ1) is 6.74. The molecular weight excluding hydrogens is 180 g/mol. The molecule has 1 rings (SSSR count). The molecule has 1 aliphatic carbocycles. The Balaban J connectivity index is 2.09. The molecule has 2 unspecified atom stereocenters. The van der Waals surface area contributed by atoms with Crippen LogP contribution < -0.4 is 11.1 Å². The number of hydrogen-bond acceptors (Lipinski definition) is 3. The summed E-state index contributed by atoms with van der Waals surface area (Å²) in [5.41, 5.74) is 5.73. The van der Waals surface area contributed by atoms with Crippen LogP contribution in [0, 0.1) is 5.92 Å². The summed E-state index contributed by atoms with van der Waals surface area (Å²) in [5.74, 6) is 0.259. The van der Waals surface area contributed by atoms with E-state index in [1.807, 2.05) is 0 Å². The van der Waals surface area contributed by atoms with E-state index in [0.717, 1.165) is 32.1 Å². The first kappa shape index (κ1) is 11.5. The molecule has 0 aliphatic heterocycles. The van der Waals surface area contributed by atoms with Gasteiger partial charge in [-0.05, 0) is 32.1 Å². The van der Waals surface area contributed by atoms with Crippen molar-refractivity contribution in [1.82, 2.24) is 5.32 Å². The third-order valence-corrected chi connectivity index (χ3v) is 2.73. The maximum absolute atomic E-state index is 11.5. The van der Waals surface area contributed by atoms with Crippen LogP contribution in [0.1, 0.15) is 32.1 Å². The zero-order chi connectivity index (χ0) is 10.4. The third-order valence-electron chi connectivity index (χ3n) is 2.73. The Morgan fingerprint density at radius 1 is 1.43 bits per heavy atom. The van der Waals surface area contributed by atoms with E-state index in [-0.39, 0.29) is 24.5 Å². The number of aliphatic hydroxyl groups excluding tert-OH is 1. The second kappa shape index (κ2) is 5.98. The molecule has 1 fully saturated rings. The molecular formula is C10H20N2O2. The lowest BCUT2D eigenvalue weighted by Crippen LogP contribution is -2.31. The summed E-state index contributed by atoms with van der Waals surface area (Å²) in [7, 11) is 0. The van der Waals surface area contributed by atoms with E-state index < -0.39 is 0 Å². The van der Waals surface area contributed by atoms with E-state index in [0.29, 0.717) is 6.54 Å². The van der Waals surface area contributed by atoms with Crippen molar-refractivity contribution in [1.29, 1.82) is 0 Å². The van der Waals surface area contributed by atoms with Crippen LogP contribution in [0.4, 0.5) is 0 Å². The predicted molar refractivity (Wildman–Crippen MR) is 54.6 cm³/mol. The number of amides is 1. The summed E-state index contributed by atoms with van der Waals surface area (Å²) in [5, 5.41) is 11.4. The average Bonchev–Trinajstić information content (AvgIpc) is 2.59. The summed E-state index contributed by atoms with van der Waals surface area (Å²) in [6.07, 6.45) is 4.32. The minimum Gasteiger partial charge on any atom is -0.396 e. The van der Waals surface area contributed by atoms with Crippen LogP contribution in [-0.4, -0.2) is 30.2 Å². The second-order valence-electron chi connectivity index (χ2n) is 3.99. The van der Waals surface area contributed by atoms with Gasteiger partial charge in [-0.2, -0.15) is 0 Å². The van der Waals surface area contributed by atoms with Gasteiger partial charge in [0.15, 0.2) is 0 Å². The quantitative estimate of drug-likeness (QED) is 0.547. The summed E-state index contributed by atoms with van der Waals surface area (Å²) in [6.45, 7) is 0.870. The van der Waals surface area contributed by atoms with E-state index in [4.69, 9.17) is 10.8 Å². The van der Waals surface area contributed by atoms with Crippen LogP contribution >= 0.6 is 0 Å². The van der Waals surface area contributed by atoms with Crippen molar-refractivity contribution in [3.05, 3.63) is 0 Å². The molecule has 1 amide bonds. The molecule has 0 aromatic heterocycles. The number of unbranched alkanes of at least 4 members (excludes halogenated alkanes) is 1. The Kier molecular flexibility index (Phi) is 4.90. The molecule has 0 saturated heterocycles. The molecule has 0 spiro atoms. The van der Waals surface area contributed by atoms with Crippen LogP contribution in [0.3, 0.4) is 0 Å². The van der Waals surface area contributed by atoms with Gasteiger partial charge in [-0.25, -0.2) is 0 Å². The molecule has 2 atom stereocenters. The average molecular weight is 200 g/mol. The Bertz CT molecular complexity index is 185. The SMILES string of the molecule is NC1CCC(C(=O)NCCCCO)C1. The zero-order valence-electron chi connectivity index (χ0n) is 8.54. The largest absolute Gasteiger partial charge is 0.396 e. The molecule has 0 radical (unpaired) electrons. The van der Waals surface area contributed by atoms with Crippen LogP contribution in [0.15, 0.2) is 0 Å². The highest BCUT2D eigenvalue weighted by atomic mass is 16.2. The molecule has 0 aromatic rings. The fourth-order valence-corrected chi connectivity index (χ4v) is 1.85. The second-order valence-corrected chi connectivity index (χ2v) is 3.99. The van der Waals surface area contributed by atoms with Gasteiger partial charge in [0.2, 0.25) is 5.91 Å². The number of carbonyl (C=O) groups excluding carboxylic acids is 1. The molecule has 4 heteroatoms. The Labute approximate surface area is 84.9 Å². The number of aliphatic hydroxyl groups is 1. The highest BCUT2D eigenvalue weighted by Gasteiger charge is 2.27. The fraction of sp³-hybridized carbons (Fsp3) is 0.900. The lowest BCUT2D eigenvalue weighted by molar-refractivity contribution is -0.124. The monoisotopic (exact) mass is 200 g/mol. The minimum absolute atomic E-state index is 0.124. The topological polar surface area (TPSA) is 75.4 Å². The Morgan fingerprint density at radius 2 is 2.21 bits per heavy atom. The van der Waals surface area contributed by atoms with Crippen molar-refractivity contribution in [3.8, 4) is 0 Å². The van der Waals surface area contributed by atoms with Crippen molar-refractivity contribution in [2.75, 3.05) is 13.2 Å². The van der Waals surface area contributed by atoms with Gasteiger partial charge in [-0.3, -0.25) is 4.79 Å². The number of nitrogens with two attached hydrogens (primary N) is 1. The number of rotatable bonds is 5. The lowest BCUT2D eigenvalue weighted by Gasteiger charge is -2.10. The van der Waals surface area contributed by atoms with Gasteiger partial charge >= 0.3 is 0 Å². The molecule has 14 heavy (non-hydrogen) atoms. The van der Waals surface area contributed by atoms with E-state index >= 15 is 0 Å². The molecule has 4 N–H and O–H groups in total. The van der Waals surface area contributed by atoms with Crippen molar-refractivity contribution >= 4 is 5.91 Å². The van der Waals surface area contributed by atoms with Crippen LogP contribution in [-0.2, 0) is 4.79 Å². The molecule has 1 saturated carbocycles. The highest BCUT2D eigenvalue weighted by molar-refractivity contribution is 5.78. The first-order valence-electron chi connectivity index (χ1n) is 5.38. The highest BCUT2D eigenvalue weighted by Crippen LogP contribution is 2.23. The first-order valence-corrected chi connectivity index (χ1v) is 5.38.